The van der Waals surface area contributed by atoms with Gasteiger partial charge in [0, 0.05) is 0 Å². The van der Waals surface area contributed by atoms with Crippen molar-refractivity contribution in [3.8, 4) is 0 Å². The van der Waals surface area contributed by atoms with Gasteiger partial charge in [0.1, 0.15) is 0 Å². The maximum Gasteiger partial charge on any atom is -0.0354 e. The lowest BCUT2D eigenvalue weighted by Crippen LogP contribution is -1.58. The maximum atomic E-state index is 3.67. The SMILES string of the molecule is C=C(C)CC.CC=C(C)C. The lowest BCUT2D eigenvalue weighted by Gasteiger charge is -1.79. The van der Waals surface area contributed by atoms with Crippen molar-refractivity contribution in [2.24, 2.45) is 0 Å². The summed E-state index contributed by atoms with van der Waals surface area (Å²) in [6, 6.07) is 0. The summed E-state index contributed by atoms with van der Waals surface area (Å²) in [5, 5.41) is 0. The minimum atomic E-state index is 1.11. The first-order valence-electron chi connectivity index (χ1n) is 3.78. The van der Waals surface area contributed by atoms with E-state index in [0.717, 1.165) is 6.42 Å². The minimum absolute atomic E-state index is 1.11. The fraction of sp³-hybridized carbons (Fsp3) is 0.600. The molecule has 0 atom stereocenters. The van der Waals surface area contributed by atoms with E-state index in [-0.39, 0.29) is 0 Å². The molecule has 0 aliphatic rings. The number of allylic oxidation sites excluding steroid dienone is 3. The third-order valence-electron chi connectivity index (χ3n) is 1.18. The number of hydrogen-bond acceptors (Lipinski definition) is 0. The molecule has 0 amide bonds. The van der Waals surface area contributed by atoms with Crippen LogP contribution in [0.2, 0.25) is 0 Å². The van der Waals surface area contributed by atoms with Gasteiger partial charge in [-0.1, -0.05) is 24.1 Å². The molecule has 0 heteroatoms. The Balaban J connectivity index is 0. The van der Waals surface area contributed by atoms with Crippen molar-refractivity contribution in [1.82, 2.24) is 0 Å². The van der Waals surface area contributed by atoms with E-state index in [1.165, 1.54) is 11.1 Å². The summed E-state index contributed by atoms with van der Waals surface area (Å²) in [5.74, 6) is 0. The van der Waals surface area contributed by atoms with Gasteiger partial charge in [0.15, 0.2) is 0 Å². The molecule has 0 saturated carbocycles. The molecule has 0 nitrogen and oxygen atoms in total. The van der Waals surface area contributed by atoms with Gasteiger partial charge < -0.3 is 0 Å². The zero-order valence-corrected chi connectivity index (χ0v) is 7.99. The van der Waals surface area contributed by atoms with Gasteiger partial charge in [-0.05, 0) is 34.1 Å². The summed E-state index contributed by atoms with van der Waals surface area (Å²) in [6.07, 6.45) is 3.19. The van der Waals surface area contributed by atoms with E-state index >= 15 is 0 Å². The predicted octanol–water partition coefficient (Wildman–Crippen LogP) is 3.95. The Morgan fingerprint density at radius 2 is 1.50 bits per heavy atom. The second-order valence-corrected chi connectivity index (χ2v) is 2.68. The van der Waals surface area contributed by atoms with Crippen LogP contribution in [0.15, 0.2) is 23.8 Å². The second kappa shape index (κ2) is 8.48. The molecule has 0 fully saturated rings. The molecular weight excluding hydrogens is 120 g/mol. The van der Waals surface area contributed by atoms with Crippen LogP contribution in [0.1, 0.15) is 41.0 Å². The quantitative estimate of drug-likeness (QED) is 0.484. The highest BCUT2D eigenvalue weighted by Crippen LogP contribution is 1.88. The monoisotopic (exact) mass is 140 g/mol. The molecule has 0 saturated heterocycles. The van der Waals surface area contributed by atoms with E-state index in [0.29, 0.717) is 0 Å². The van der Waals surface area contributed by atoms with E-state index in [1.807, 2.05) is 13.8 Å². The minimum Gasteiger partial charge on any atom is -0.100 e. The van der Waals surface area contributed by atoms with Crippen molar-refractivity contribution in [2.45, 2.75) is 41.0 Å². The van der Waals surface area contributed by atoms with Crippen molar-refractivity contribution in [3.05, 3.63) is 23.8 Å². The molecule has 0 heterocycles. The van der Waals surface area contributed by atoms with Crippen LogP contribution in [0.3, 0.4) is 0 Å². The summed E-state index contributed by atoms with van der Waals surface area (Å²) in [7, 11) is 0. The zero-order valence-electron chi connectivity index (χ0n) is 7.99. The van der Waals surface area contributed by atoms with Gasteiger partial charge in [-0.25, -0.2) is 0 Å². The molecule has 0 N–H and O–H groups in total. The third-order valence-corrected chi connectivity index (χ3v) is 1.18. The highest BCUT2D eigenvalue weighted by Gasteiger charge is 1.67. The Labute approximate surface area is 65.7 Å². The molecule has 0 unspecified atom stereocenters. The van der Waals surface area contributed by atoms with E-state index in [9.17, 15) is 0 Å². The Morgan fingerprint density at radius 1 is 1.30 bits per heavy atom. The molecule has 0 aliphatic heterocycles. The van der Waals surface area contributed by atoms with E-state index in [2.05, 4.69) is 33.4 Å². The molecule has 0 aromatic rings. The second-order valence-electron chi connectivity index (χ2n) is 2.68. The standard InChI is InChI=1S/2C5H10/c2*1-4-5(2)3/h4H,1-3H3;2,4H2,1,3H3. The molecule has 0 aromatic carbocycles. The molecular formula is C10H20. The topological polar surface area (TPSA) is 0 Å². The van der Waals surface area contributed by atoms with Crippen LogP contribution in [0, 0.1) is 0 Å². The van der Waals surface area contributed by atoms with Crippen LogP contribution >= 0.6 is 0 Å². The van der Waals surface area contributed by atoms with Crippen molar-refractivity contribution in [1.29, 1.82) is 0 Å². The van der Waals surface area contributed by atoms with Crippen LogP contribution in [-0.2, 0) is 0 Å². The smallest absolute Gasteiger partial charge is 0.0354 e. The van der Waals surface area contributed by atoms with E-state index in [1.54, 1.807) is 0 Å². The Kier molecular flexibility index (Phi) is 10.3. The van der Waals surface area contributed by atoms with Gasteiger partial charge in [0.2, 0.25) is 0 Å². The van der Waals surface area contributed by atoms with Crippen molar-refractivity contribution in [2.75, 3.05) is 0 Å². The normalized spacial score (nSPS) is 7.30. The summed E-state index contributed by atoms with van der Waals surface area (Å²) >= 11 is 0. The highest BCUT2D eigenvalue weighted by atomic mass is 13.7. The first-order valence-corrected chi connectivity index (χ1v) is 3.78. The summed E-state index contributed by atoms with van der Waals surface area (Å²) < 4.78 is 0. The third kappa shape index (κ3) is 25.9. The van der Waals surface area contributed by atoms with Crippen molar-refractivity contribution in [3.63, 3.8) is 0 Å². The van der Waals surface area contributed by atoms with Crippen LogP contribution in [0.25, 0.3) is 0 Å². The first-order chi connectivity index (χ1) is 4.54. The predicted molar refractivity (Wildman–Crippen MR) is 50.2 cm³/mol. The van der Waals surface area contributed by atoms with Gasteiger partial charge >= 0.3 is 0 Å². The van der Waals surface area contributed by atoms with Gasteiger partial charge in [-0.3, -0.25) is 0 Å². The van der Waals surface area contributed by atoms with Crippen LogP contribution in [0.5, 0.6) is 0 Å². The molecule has 0 aliphatic carbocycles. The molecule has 0 aromatic heterocycles. The molecule has 10 heavy (non-hydrogen) atoms. The Morgan fingerprint density at radius 3 is 1.50 bits per heavy atom. The largest absolute Gasteiger partial charge is 0.100 e. The van der Waals surface area contributed by atoms with Gasteiger partial charge in [-0.2, -0.15) is 0 Å². The van der Waals surface area contributed by atoms with E-state index in [4.69, 9.17) is 0 Å². The highest BCUT2D eigenvalue weighted by molar-refractivity contribution is 4.88. The Bertz CT molecular complexity index is 103. The summed E-state index contributed by atoms with van der Waals surface area (Å²) in [6.45, 7) is 14.0. The van der Waals surface area contributed by atoms with Crippen LogP contribution in [-0.4, -0.2) is 0 Å². The summed E-state index contributed by atoms with van der Waals surface area (Å²) in [4.78, 5) is 0. The van der Waals surface area contributed by atoms with Crippen LogP contribution < -0.4 is 0 Å². The summed E-state index contributed by atoms with van der Waals surface area (Å²) in [5.41, 5.74) is 2.63. The van der Waals surface area contributed by atoms with Crippen molar-refractivity contribution >= 4 is 0 Å². The molecule has 0 rings (SSSR count). The van der Waals surface area contributed by atoms with Crippen molar-refractivity contribution < 1.29 is 0 Å². The zero-order chi connectivity index (χ0) is 8.57. The first kappa shape index (κ1) is 12.2. The van der Waals surface area contributed by atoms with Gasteiger partial charge in [0.05, 0.1) is 0 Å². The maximum absolute atomic E-state index is 3.67. The van der Waals surface area contributed by atoms with Gasteiger partial charge in [-0.15, -0.1) is 6.58 Å². The van der Waals surface area contributed by atoms with E-state index < -0.39 is 0 Å². The fourth-order valence-electron chi connectivity index (χ4n) is 0. The van der Waals surface area contributed by atoms with Gasteiger partial charge in [0.25, 0.3) is 0 Å². The number of rotatable bonds is 1. The number of hydrogen-bond donors (Lipinski definition) is 0. The molecule has 60 valence electrons. The lowest BCUT2D eigenvalue weighted by atomic mass is 10.3. The van der Waals surface area contributed by atoms with Crippen LogP contribution in [0.4, 0.5) is 0 Å². The molecule has 0 radical (unpaired) electrons. The average Bonchev–Trinajstić information content (AvgIpc) is 1.89. The fourth-order valence-corrected chi connectivity index (χ4v) is 0. The average molecular weight is 140 g/mol. The molecule has 0 spiro atoms. The molecule has 0 bridgehead atoms. The Hall–Kier alpha value is -0.520. The lowest BCUT2D eigenvalue weighted by molar-refractivity contribution is 1.11.